The third kappa shape index (κ3) is 3.41. The van der Waals surface area contributed by atoms with Gasteiger partial charge in [-0.15, -0.1) is 10.2 Å². The van der Waals surface area contributed by atoms with Crippen LogP contribution in [0.15, 0.2) is 52.8 Å². The van der Waals surface area contributed by atoms with Gasteiger partial charge in [-0.25, -0.2) is 9.37 Å². The van der Waals surface area contributed by atoms with Gasteiger partial charge in [-0.1, -0.05) is 11.6 Å². The third-order valence-corrected chi connectivity index (χ3v) is 3.48. The fourth-order valence-corrected chi connectivity index (χ4v) is 2.26. The number of halogens is 2. The summed E-state index contributed by atoms with van der Waals surface area (Å²) >= 11 is 6.01. The van der Waals surface area contributed by atoms with Crippen molar-refractivity contribution in [3.8, 4) is 0 Å². The van der Waals surface area contributed by atoms with Crippen LogP contribution in [0.25, 0.3) is 5.65 Å². The average molecular weight is 347 g/mol. The van der Waals surface area contributed by atoms with Crippen LogP contribution in [0.3, 0.4) is 0 Å². The fraction of sp³-hybridized carbons (Fsp3) is 0.125. The number of ether oxygens (including phenoxy) is 1. The van der Waals surface area contributed by atoms with E-state index in [1.54, 1.807) is 22.7 Å². The number of nitrogens with zero attached hydrogens (tertiary/aromatic N) is 4. The summed E-state index contributed by atoms with van der Waals surface area (Å²) < 4.78 is 19.3. The van der Waals surface area contributed by atoms with E-state index in [1.165, 1.54) is 31.4 Å². The summed E-state index contributed by atoms with van der Waals surface area (Å²) in [7, 11) is 1.30. The van der Waals surface area contributed by atoms with E-state index in [-0.39, 0.29) is 12.2 Å². The predicted octanol–water partition coefficient (Wildman–Crippen LogP) is 4.26. The van der Waals surface area contributed by atoms with E-state index < -0.39 is 5.97 Å². The Balaban J connectivity index is 2.05. The summed E-state index contributed by atoms with van der Waals surface area (Å²) in [5.41, 5.74) is 1.46. The number of esters is 1. The second kappa shape index (κ2) is 6.76. The maximum absolute atomic E-state index is 12.9. The molecule has 0 fully saturated rings. The largest absolute Gasteiger partial charge is 0.469 e. The van der Waals surface area contributed by atoms with Crippen LogP contribution in [-0.4, -0.2) is 22.5 Å². The van der Waals surface area contributed by atoms with E-state index in [9.17, 15) is 9.18 Å². The normalized spacial score (nSPS) is 11.3. The van der Waals surface area contributed by atoms with Crippen molar-refractivity contribution in [1.82, 2.24) is 9.38 Å². The summed E-state index contributed by atoms with van der Waals surface area (Å²) in [6.07, 6.45) is 1.58. The molecule has 24 heavy (non-hydrogen) atoms. The minimum atomic E-state index is -0.442. The van der Waals surface area contributed by atoms with Crippen LogP contribution in [0.5, 0.6) is 0 Å². The molecule has 0 unspecified atom stereocenters. The molecule has 0 saturated carbocycles. The number of benzene rings is 1. The highest BCUT2D eigenvalue weighted by atomic mass is 35.5. The van der Waals surface area contributed by atoms with Gasteiger partial charge in [0.2, 0.25) is 0 Å². The Hall–Kier alpha value is -2.80. The van der Waals surface area contributed by atoms with Crippen molar-refractivity contribution >= 4 is 34.7 Å². The van der Waals surface area contributed by atoms with Crippen molar-refractivity contribution in [1.29, 1.82) is 0 Å². The van der Waals surface area contributed by atoms with Gasteiger partial charge in [0.1, 0.15) is 11.5 Å². The summed E-state index contributed by atoms with van der Waals surface area (Å²) in [4.78, 5) is 15.9. The quantitative estimate of drug-likeness (QED) is 0.523. The second-order valence-corrected chi connectivity index (χ2v) is 5.32. The van der Waals surface area contributed by atoms with Crippen molar-refractivity contribution in [2.75, 3.05) is 7.11 Å². The molecule has 3 aromatic rings. The van der Waals surface area contributed by atoms with Crippen molar-refractivity contribution in [2.45, 2.75) is 6.42 Å². The molecule has 0 radical (unpaired) electrons. The van der Waals surface area contributed by atoms with Crippen LogP contribution in [0.1, 0.15) is 5.69 Å². The van der Waals surface area contributed by atoms with Crippen LogP contribution in [-0.2, 0) is 16.0 Å². The molecule has 0 aliphatic rings. The van der Waals surface area contributed by atoms with Gasteiger partial charge < -0.3 is 4.74 Å². The Morgan fingerprint density at radius 3 is 2.71 bits per heavy atom. The molecule has 0 aliphatic carbocycles. The molecule has 2 aromatic heterocycles. The second-order valence-electron chi connectivity index (χ2n) is 4.89. The molecule has 3 rings (SSSR count). The first-order valence-corrected chi connectivity index (χ1v) is 7.35. The van der Waals surface area contributed by atoms with E-state index in [2.05, 4.69) is 19.9 Å². The molecule has 1 aromatic carbocycles. The highest BCUT2D eigenvalue weighted by molar-refractivity contribution is 6.30. The molecule has 2 heterocycles. The Morgan fingerprint density at radius 1 is 1.25 bits per heavy atom. The van der Waals surface area contributed by atoms with E-state index in [4.69, 9.17) is 11.6 Å². The molecular formula is C16H12ClFN4O2. The molecule has 0 amide bonds. The fourth-order valence-electron chi connectivity index (χ4n) is 2.10. The molecule has 0 N–H and O–H groups in total. The third-order valence-electron chi connectivity index (χ3n) is 3.25. The first kappa shape index (κ1) is 16.1. The zero-order valence-electron chi connectivity index (χ0n) is 12.6. The molecule has 6 nitrogen and oxygen atoms in total. The highest BCUT2D eigenvalue weighted by Gasteiger charge is 2.16. The molecule has 0 bridgehead atoms. The summed E-state index contributed by atoms with van der Waals surface area (Å²) in [5.74, 6) is -0.438. The number of hydrogen-bond donors (Lipinski definition) is 0. The molecule has 0 saturated heterocycles. The van der Waals surface area contributed by atoms with Gasteiger partial charge in [-0.3, -0.25) is 9.20 Å². The van der Waals surface area contributed by atoms with Gasteiger partial charge in [0, 0.05) is 6.20 Å². The monoisotopic (exact) mass is 346 g/mol. The number of carbonyl (C=O) groups excluding carboxylic acids is 1. The van der Waals surface area contributed by atoms with Gasteiger partial charge in [0.15, 0.2) is 5.82 Å². The molecule has 0 atom stereocenters. The number of azo groups is 1. The number of methoxy groups -OCH3 is 1. The lowest BCUT2D eigenvalue weighted by molar-refractivity contribution is -0.139. The van der Waals surface area contributed by atoms with E-state index in [0.29, 0.717) is 27.9 Å². The number of rotatable bonds is 4. The van der Waals surface area contributed by atoms with Crippen LogP contribution in [0.4, 0.5) is 15.9 Å². The number of aromatic nitrogens is 2. The van der Waals surface area contributed by atoms with Crippen LogP contribution in [0, 0.1) is 5.82 Å². The minimum Gasteiger partial charge on any atom is -0.469 e. The maximum atomic E-state index is 12.9. The summed E-state index contributed by atoms with van der Waals surface area (Å²) in [6.45, 7) is 0. The van der Waals surface area contributed by atoms with Crippen LogP contribution in [0.2, 0.25) is 5.02 Å². The van der Waals surface area contributed by atoms with Gasteiger partial charge >= 0.3 is 5.97 Å². The van der Waals surface area contributed by atoms with E-state index in [0.717, 1.165) is 0 Å². The Kier molecular flexibility index (Phi) is 4.52. The summed E-state index contributed by atoms with van der Waals surface area (Å²) in [6, 6.07) is 8.96. The number of hydrogen-bond acceptors (Lipinski definition) is 5. The molecule has 0 spiro atoms. The average Bonchev–Trinajstić information content (AvgIpc) is 2.90. The number of fused-ring (bicyclic) bond motifs is 1. The molecular weight excluding hydrogens is 335 g/mol. The zero-order valence-corrected chi connectivity index (χ0v) is 13.4. The Morgan fingerprint density at radius 2 is 2.00 bits per heavy atom. The van der Waals surface area contributed by atoms with E-state index in [1.807, 2.05) is 0 Å². The Labute approximate surface area is 141 Å². The first-order valence-electron chi connectivity index (χ1n) is 6.97. The van der Waals surface area contributed by atoms with Crippen molar-refractivity contribution in [3.05, 3.63) is 59.1 Å². The first-order chi connectivity index (χ1) is 11.6. The molecule has 0 aliphatic heterocycles. The smallest absolute Gasteiger partial charge is 0.311 e. The van der Waals surface area contributed by atoms with Crippen LogP contribution < -0.4 is 0 Å². The lowest BCUT2D eigenvalue weighted by Crippen LogP contribution is -2.04. The SMILES string of the molecule is COC(=O)Cc1nc2ccc(Cl)cn2c1N=Nc1ccc(F)cc1. The maximum Gasteiger partial charge on any atom is 0.311 e. The number of pyridine rings is 1. The van der Waals surface area contributed by atoms with Crippen molar-refractivity contribution in [2.24, 2.45) is 10.2 Å². The van der Waals surface area contributed by atoms with Gasteiger partial charge in [-0.05, 0) is 36.4 Å². The molecule has 122 valence electrons. The van der Waals surface area contributed by atoms with Gasteiger partial charge in [0.25, 0.3) is 0 Å². The van der Waals surface area contributed by atoms with Crippen LogP contribution >= 0.6 is 11.6 Å². The minimum absolute atomic E-state index is 0.0480. The lowest BCUT2D eigenvalue weighted by Gasteiger charge is -1.99. The lowest BCUT2D eigenvalue weighted by atomic mass is 10.3. The van der Waals surface area contributed by atoms with Gasteiger partial charge in [-0.2, -0.15) is 0 Å². The Bertz CT molecular complexity index is 922. The topological polar surface area (TPSA) is 68.3 Å². The van der Waals surface area contributed by atoms with Crippen molar-refractivity contribution < 1.29 is 13.9 Å². The van der Waals surface area contributed by atoms with Gasteiger partial charge in [0.05, 0.1) is 29.9 Å². The number of carbonyl (C=O) groups is 1. The summed E-state index contributed by atoms with van der Waals surface area (Å²) in [5, 5.41) is 8.71. The molecule has 8 heteroatoms. The number of imidazole rings is 1. The highest BCUT2D eigenvalue weighted by Crippen LogP contribution is 2.26. The predicted molar refractivity (Wildman–Crippen MR) is 86.5 cm³/mol. The van der Waals surface area contributed by atoms with Crippen molar-refractivity contribution in [3.63, 3.8) is 0 Å². The standard InChI is InChI=1S/C16H12ClFN4O2/c1-24-15(23)8-13-16(21-20-12-5-3-11(18)4-6-12)22-9-10(17)2-7-14(22)19-13/h2-7,9H,8H2,1H3. The zero-order chi connectivity index (χ0) is 17.1. The van der Waals surface area contributed by atoms with E-state index >= 15 is 0 Å².